The summed E-state index contributed by atoms with van der Waals surface area (Å²) in [5, 5.41) is 11.8. The Morgan fingerprint density at radius 2 is 1.81 bits per heavy atom. The van der Waals surface area contributed by atoms with Crippen molar-refractivity contribution in [2.75, 3.05) is 5.32 Å². The van der Waals surface area contributed by atoms with Gasteiger partial charge >= 0.3 is 0 Å². The Morgan fingerprint density at radius 1 is 1.25 bits per heavy atom. The molecule has 0 aromatic heterocycles. The fraction of sp³-hybridized carbons (Fsp3) is 0.462. The molecule has 2 N–H and O–H groups in total. The van der Waals surface area contributed by atoms with Crippen LogP contribution in [0.15, 0.2) is 24.3 Å². The Hall–Kier alpha value is -1.35. The van der Waals surface area contributed by atoms with Crippen LogP contribution in [0, 0.1) is 5.92 Å². The lowest BCUT2D eigenvalue weighted by Crippen LogP contribution is -2.21. The SMILES string of the molecule is CCC(CC)C(=O)Nc1ccc(CO)cc1. The molecule has 1 aromatic carbocycles. The highest BCUT2D eigenvalue weighted by Crippen LogP contribution is 2.14. The van der Waals surface area contributed by atoms with Gasteiger partial charge in [-0.1, -0.05) is 26.0 Å². The quantitative estimate of drug-likeness (QED) is 0.802. The molecule has 0 aliphatic carbocycles. The Morgan fingerprint density at radius 3 is 2.25 bits per heavy atom. The second-order valence-electron chi connectivity index (χ2n) is 3.86. The van der Waals surface area contributed by atoms with Gasteiger partial charge in [-0.15, -0.1) is 0 Å². The topological polar surface area (TPSA) is 49.3 Å². The first-order valence-electron chi connectivity index (χ1n) is 5.71. The minimum Gasteiger partial charge on any atom is -0.392 e. The van der Waals surface area contributed by atoms with E-state index >= 15 is 0 Å². The second kappa shape index (κ2) is 6.28. The van der Waals surface area contributed by atoms with Gasteiger partial charge in [-0.25, -0.2) is 0 Å². The fourth-order valence-corrected chi connectivity index (χ4v) is 1.60. The molecule has 88 valence electrons. The minimum absolute atomic E-state index is 0.0285. The number of benzene rings is 1. The van der Waals surface area contributed by atoms with Crippen molar-refractivity contribution >= 4 is 11.6 Å². The van der Waals surface area contributed by atoms with E-state index in [9.17, 15) is 4.79 Å². The molecule has 3 nitrogen and oxygen atoms in total. The molecule has 0 spiro atoms. The minimum atomic E-state index is 0.0285. The zero-order chi connectivity index (χ0) is 12.0. The van der Waals surface area contributed by atoms with Crippen molar-refractivity contribution in [2.24, 2.45) is 5.92 Å². The van der Waals surface area contributed by atoms with Crippen molar-refractivity contribution < 1.29 is 9.90 Å². The van der Waals surface area contributed by atoms with Crippen LogP contribution in [0.2, 0.25) is 0 Å². The summed E-state index contributed by atoms with van der Waals surface area (Å²) in [6.07, 6.45) is 1.72. The molecule has 0 fully saturated rings. The highest BCUT2D eigenvalue weighted by Gasteiger charge is 2.13. The van der Waals surface area contributed by atoms with Crippen LogP contribution in [-0.4, -0.2) is 11.0 Å². The predicted molar refractivity (Wildman–Crippen MR) is 65.1 cm³/mol. The van der Waals surface area contributed by atoms with Crippen molar-refractivity contribution in [3.05, 3.63) is 29.8 Å². The number of anilines is 1. The number of nitrogens with one attached hydrogen (secondary N) is 1. The van der Waals surface area contributed by atoms with E-state index in [-0.39, 0.29) is 18.4 Å². The van der Waals surface area contributed by atoms with Gasteiger partial charge < -0.3 is 10.4 Å². The van der Waals surface area contributed by atoms with Crippen molar-refractivity contribution in [3.63, 3.8) is 0 Å². The Bertz CT molecular complexity index is 328. The van der Waals surface area contributed by atoms with Gasteiger partial charge in [0.2, 0.25) is 5.91 Å². The summed E-state index contributed by atoms with van der Waals surface area (Å²) in [7, 11) is 0. The Labute approximate surface area is 96.5 Å². The molecule has 0 aliphatic heterocycles. The molecule has 0 heterocycles. The number of hydrogen-bond donors (Lipinski definition) is 2. The zero-order valence-corrected chi connectivity index (χ0v) is 9.86. The van der Waals surface area contributed by atoms with Crippen LogP contribution in [0.3, 0.4) is 0 Å². The maximum absolute atomic E-state index is 11.8. The van der Waals surface area contributed by atoms with E-state index in [2.05, 4.69) is 5.32 Å². The third kappa shape index (κ3) is 3.35. The number of carbonyl (C=O) groups is 1. The molecular formula is C13H19NO2. The third-order valence-electron chi connectivity index (χ3n) is 2.76. The van der Waals surface area contributed by atoms with Gasteiger partial charge in [0.15, 0.2) is 0 Å². The molecule has 0 unspecified atom stereocenters. The normalized spacial score (nSPS) is 10.5. The molecule has 3 heteroatoms. The van der Waals surface area contributed by atoms with Gasteiger partial charge in [0.05, 0.1) is 6.61 Å². The smallest absolute Gasteiger partial charge is 0.227 e. The molecule has 0 saturated carbocycles. The lowest BCUT2D eigenvalue weighted by molar-refractivity contribution is -0.120. The lowest BCUT2D eigenvalue weighted by Gasteiger charge is -2.12. The molecule has 1 rings (SSSR count). The third-order valence-corrected chi connectivity index (χ3v) is 2.76. The Balaban J connectivity index is 2.62. The molecule has 0 bridgehead atoms. The first-order valence-corrected chi connectivity index (χ1v) is 5.71. The van der Waals surface area contributed by atoms with E-state index in [1.807, 2.05) is 38.1 Å². The van der Waals surface area contributed by atoms with Crippen molar-refractivity contribution in [2.45, 2.75) is 33.3 Å². The zero-order valence-electron chi connectivity index (χ0n) is 9.86. The average molecular weight is 221 g/mol. The highest BCUT2D eigenvalue weighted by atomic mass is 16.3. The highest BCUT2D eigenvalue weighted by molar-refractivity contribution is 5.92. The van der Waals surface area contributed by atoms with Crippen LogP contribution in [0.4, 0.5) is 5.69 Å². The van der Waals surface area contributed by atoms with Crippen LogP contribution in [0.25, 0.3) is 0 Å². The number of rotatable bonds is 5. The van der Waals surface area contributed by atoms with Crippen LogP contribution < -0.4 is 5.32 Å². The summed E-state index contributed by atoms with van der Waals surface area (Å²) in [5.74, 6) is 0.152. The maximum Gasteiger partial charge on any atom is 0.227 e. The monoisotopic (exact) mass is 221 g/mol. The van der Waals surface area contributed by atoms with E-state index in [1.54, 1.807) is 0 Å². The molecular weight excluding hydrogens is 202 g/mol. The molecule has 0 atom stereocenters. The van der Waals surface area contributed by atoms with E-state index in [0.29, 0.717) is 0 Å². The summed E-state index contributed by atoms with van der Waals surface area (Å²) in [6.45, 7) is 4.06. The van der Waals surface area contributed by atoms with Gasteiger partial charge in [-0.2, -0.15) is 0 Å². The second-order valence-corrected chi connectivity index (χ2v) is 3.86. The first kappa shape index (κ1) is 12.7. The summed E-state index contributed by atoms with van der Waals surface area (Å²) < 4.78 is 0. The molecule has 0 saturated heterocycles. The largest absolute Gasteiger partial charge is 0.392 e. The predicted octanol–water partition coefficient (Wildman–Crippen LogP) is 2.55. The van der Waals surface area contributed by atoms with Gasteiger partial charge in [0.25, 0.3) is 0 Å². The van der Waals surface area contributed by atoms with Gasteiger partial charge in [0.1, 0.15) is 0 Å². The number of hydrogen-bond acceptors (Lipinski definition) is 2. The van der Waals surface area contributed by atoms with E-state index in [4.69, 9.17) is 5.11 Å². The van der Waals surface area contributed by atoms with Gasteiger partial charge in [-0.05, 0) is 30.5 Å². The van der Waals surface area contributed by atoms with E-state index in [1.165, 1.54) is 0 Å². The number of aliphatic hydroxyl groups excluding tert-OH is 1. The molecule has 1 aromatic rings. The van der Waals surface area contributed by atoms with Crippen molar-refractivity contribution in [3.8, 4) is 0 Å². The van der Waals surface area contributed by atoms with E-state index in [0.717, 1.165) is 24.1 Å². The van der Waals surface area contributed by atoms with Crippen molar-refractivity contribution in [1.29, 1.82) is 0 Å². The van der Waals surface area contributed by atoms with Gasteiger partial charge in [-0.3, -0.25) is 4.79 Å². The lowest BCUT2D eigenvalue weighted by atomic mass is 10.0. The maximum atomic E-state index is 11.8. The fourth-order valence-electron chi connectivity index (χ4n) is 1.60. The summed E-state index contributed by atoms with van der Waals surface area (Å²) >= 11 is 0. The molecule has 1 amide bonds. The van der Waals surface area contributed by atoms with Crippen LogP contribution in [0.1, 0.15) is 32.3 Å². The summed E-state index contributed by atoms with van der Waals surface area (Å²) in [6, 6.07) is 7.24. The van der Waals surface area contributed by atoms with Crippen molar-refractivity contribution in [1.82, 2.24) is 0 Å². The van der Waals surface area contributed by atoms with Crippen LogP contribution in [0.5, 0.6) is 0 Å². The average Bonchev–Trinajstić information content (AvgIpc) is 2.31. The first-order chi connectivity index (χ1) is 7.71. The van der Waals surface area contributed by atoms with Gasteiger partial charge in [0, 0.05) is 11.6 Å². The summed E-state index contributed by atoms with van der Waals surface area (Å²) in [5.41, 5.74) is 1.63. The van der Waals surface area contributed by atoms with Crippen LogP contribution >= 0.6 is 0 Å². The van der Waals surface area contributed by atoms with E-state index < -0.39 is 0 Å². The van der Waals surface area contributed by atoms with Crippen LogP contribution in [-0.2, 0) is 11.4 Å². The standard InChI is InChI=1S/C13H19NO2/c1-3-11(4-2)13(16)14-12-7-5-10(9-15)6-8-12/h5-8,11,15H,3-4,9H2,1-2H3,(H,14,16). The summed E-state index contributed by atoms with van der Waals surface area (Å²) in [4.78, 5) is 11.8. The number of aliphatic hydroxyl groups is 1. The molecule has 0 radical (unpaired) electrons. The number of amides is 1. The molecule has 0 aliphatic rings. The Kier molecular flexibility index (Phi) is 4.99. The number of carbonyl (C=O) groups excluding carboxylic acids is 1. The molecule has 16 heavy (non-hydrogen) atoms.